The lowest BCUT2D eigenvalue weighted by Crippen LogP contribution is -2.54. The second kappa shape index (κ2) is 15.6. The summed E-state index contributed by atoms with van der Waals surface area (Å²) in [6.07, 6.45) is 0.910. The number of imidazole rings is 1. The van der Waals surface area contributed by atoms with Gasteiger partial charge in [0.2, 0.25) is 23.6 Å². The Labute approximate surface area is 340 Å². The van der Waals surface area contributed by atoms with Crippen LogP contribution in [0.1, 0.15) is 89.2 Å². The van der Waals surface area contributed by atoms with Gasteiger partial charge in [0.1, 0.15) is 30.3 Å². The van der Waals surface area contributed by atoms with Gasteiger partial charge in [-0.05, 0) is 50.8 Å². The lowest BCUT2D eigenvalue weighted by atomic mass is 10.0. The predicted octanol–water partition coefficient (Wildman–Crippen LogP) is 5.33. The van der Waals surface area contributed by atoms with Crippen molar-refractivity contribution in [2.45, 2.75) is 70.3 Å². The summed E-state index contributed by atoms with van der Waals surface area (Å²) < 4.78 is 48.0. The first kappa shape index (κ1) is 39.8. The maximum absolute atomic E-state index is 14.0. The number of carbonyl (C=O) groups excluding carboxylic acids is 5. The van der Waals surface area contributed by atoms with Crippen molar-refractivity contribution in [2.75, 3.05) is 23.9 Å². The molecule has 1 atom stereocenters. The van der Waals surface area contributed by atoms with Crippen LogP contribution in [0.4, 0.5) is 24.7 Å². The minimum atomic E-state index is -4.63. The molecule has 3 aliphatic rings. The average molecular weight is 823 g/mol. The van der Waals surface area contributed by atoms with Crippen molar-refractivity contribution in [3.63, 3.8) is 0 Å². The molecule has 1 aliphatic carbocycles. The fourth-order valence-electron chi connectivity index (χ4n) is 7.42. The van der Waals surface area contributed by atoms with Crippen molar-refractivity contribution >= 4 is 41.0 Å². The van der Waals surface area contributed by atoms with Gasteiger partial charge < -0.3 is 19.5 Å². The van der Waals surface area contributed by atoms with Crippen LogP contribution >= 0.6 is 0 Å². The number of piperidine rings is 1. The summed E-state index contributed by atoms with van der Waals surface area (Å²) in [6.45, 7) is 3.25. The van der Waals surface area contributed by atoms with Crippen LogP contribution in [0.5, 0.6) is 5.88 Å². The number of benzene rings is 2. The number of alkyl halides is 3. The zero-order valence-electron chi connectivity index (χ0n) is 32.5. The molecule has 2 fully saturated rings. The fraction of sp³-hybridized carbons (Fsp3) is 0.317. The highest BCUT2D eigenvalue weighted by molar-refractivity contribution is 6.26. The second-order valence-corrected chi connectivity index (χ2v) is 14.9. The lowest BCUT2D eigenvalue weighted by Gasteiger charge is -2.27. The number of halogens is 3. The molecule has 19 heteroatoms. The highest BCUT2D eigenvalue weighted by Gasteiger charge is 2.46. The fourth-order valence-corrected chi connectivity index (χ4v) is 7.42. The van der Waals surface area contributed by atoms with Gasteiger partial charge in [-0.2, -0.15) is 13.2 Å². The van der Waals surface area contributed by atoms with Crippen molar-refractivity contribution < 1.29 is 41.9 Å². The molecule has 60 heavy (non-hydrogen) atoms. The monoisotopic (exact) mass is 822 g/mol. The molecule has 2 aromatic carbocycles. The Hall–Kier alpha value is -7.05. The number of rotatable bonds is 12. The summed E-state index contributed by atoms with van der Waals surface area (Å²) in [4.78, 5) is 89.8. The van der Waals surface area contributed by atoms with E-state index in [1.54, 1.807) is 49.1 Å². The number of nitrogens with zero attached hydrogens (tertiary/aromatic N) is 8. The van der Waals surface area contributed by atoms with E-state index in [-0.39, 0.29) is 60.5 Å². The van der Waals surface area contributed by atoms with Crippen molar-refractivity contribution in [1.29, 1.82) is 0 Å². The number of hydrogen-bond donors (Lipinski definition) is 2. The number of anilines is 2. The summed E-state index contributed by atoms with van der Waals surface area (Å²) >= 11 is 0. The highest BCUT2D eigenvalue weighted by Crippen LogP contribution is 2.45. The van der Waals surface area contributed by atoms with Gasteiger partial charge in [0.25, 0.3) is 11.8 Å². The molecule has 2 aliphatic heterocycles. The maximum Gasteiger partial charge on any atom is 0.434 e. The van der Waals surface area contributed by atoms with Gasteiger partial charge in [-0.25, -0.2) is 24.9 Å². The van der Waals surface area contributed by atoms with Crippen molar-refractivity contribution in [3.8, 4) is 28.5 Å². The van der Waals surface area contributed by atoms with Crippen LogP contribution in [0.25, 0.3) is 22.6 Å². The first-order chi connectivity index (χ1) is 28.7. The number of fused-ring (bicyclic) bond motifs is 1. The van der Waals surface area contributed by atoms with Crippen LogP contribution in [-0.2, 0) is 27.1 Å². The Morgan fingerprint density at radius 1 is 0.967 bits per heavy atom. The molecule has 1 saturated heterocycles. The minimum Gasteiger partial charge on any atom is -0.480 e. The van der Waals surface area contributed by atoms with Crippen LogP contribution in [0.2, 0.25) is 0 Å². The number of amides is 5. The van der Waals surface area contributed by atoms with Crippen molar-refractivity contribution in [3.05, 3.63) is 95.5 Å². The molecule has 5 amide bonds. The molecule has 0 bridgehead atoms. The first-order valence-electron chi connectivity index (χ1n) is 19.1. The Bertz CT molecular complexity index is 2550. The molecule has 3 aromatic heterocycles. The lowest BCUT2D eigenvalue weighted by molar-refractivity contribution is -0.141. The van der Waals surface area contributed by atoms with Gasteiger partial charge in [0, 0.05) is 42.8 Å². The van der Waals surface area contributed by atoms with E-state index in [0.717, 1.165) is 29.6 Å². The van der Waals surface area contributed by atoms with Gasteiger partial charge in [-0.15, -0.1) is 0 Å². The van der Waals surface area contributed by atoms with Crippen LogP contribution in [0.3, 0.4) is 0 Å². The number of methoxy groups -OCH3 is 1. The summed E-state index contributed by atoms with van der Waals surface area (Å²) in [6, 6.07) is 11.3. The highest BCUT2D eigenvalue weighted by atomic mass is 19.4. The zero-order valence-corrected chi connectivity index (χ0v) is 32.5. The molecule has 8 rings (SSSR count). The third-order valence-corrected chi connectivity index (χ3v) is 10.5. The summed E-state index contributed by atoms with van der Waals surface area (Å²) in [5, 5.41) is 4.92. The first-order valence-corrected chi connectivity index (χ1v) is 19.1. The topological polar surface area (TPSA) is 194 Å². The van der Waals surface area contributed by atoms with Gasteiger partial charge in [0.15, 0.2) is 5.69 Å². The largest absolute Gasteiger partial charge is 0.480 e. The normalized spacial score (nSPS) is 16.6. The summed E-state index contributed by atoms with van der Waals surface area (Å²) in [5.41, 5.74) is 1.84. The number of ether oxygens (including phenoxy) is 1. The smallest absolute Gasteiger partial charge is 0.434 e. The van der Waals surface area contributed by atoms with Gasteiger partial charge in [-0.3, -0.25) is 34.2 Å². The molecular weight excluding hydrogens is 786 g/mol. The third kappa shape index (κ3) is 7.64. The summed E-state index contributed by atoms with van der Waals surface area (Å²) in [5.74, 6) is -2.42. The quantitative estimate of drug-likeness (QED) is 0.154. The molecule has 0 spiro atoms. The van der Waals surface area contributed by atoms with Crippen molar-refractivity contribution in [2.24, 2.45) is 0 Å². The molecule has 16 nitrogen and oxygen atoms in total. The minimum absolute atomic E-state index is 0.00848. The number of carbonyl (C=O) groups is 5. The third-order valence-electron chi connectivity index (χ3n) is 10.5. The van der Waals surface area contributed by atoms with E-state index >= 15 is 0 Å². The molecule has 5 aromatic rings. The number of aromatic nitrogens is 6. The molecule has 1 saturated carbocycles. The van der Waals surface area contributed by atoms with E-state index < -0.39 is 47.4 Å². The Balaban J connectivity index is 1.11. The van der Waals surface area contributed by atoms with E-state index in [2.05, 4.69) is 35.6 Å². The molecule has 2 N–H and O–H groups in total. The van der Waals surface area contributed by atoms with Crippen molar-refractivity contribution in [1.82, 2.24) is 39.7 Å². The number of nitrogens with one attached hydrogen (secondary N) is 2. The number of hydrogen-bond acceptors (Lipinski definition) is 12. The van der Waals surface area contributed by atoms with Crippen LogP contribution in [0, 0.1) is 0 Å². The second-order valence-electron chi connectivity index (χ2n) is 14.9. The molecule has 0 radical (unpaired) electrons. The Kier molecular flexibility index (Phi) is 10.3. The van der Waals surface area contributed by atoms with E-state index in [4.69, 9.17) is 4.74 Å². The predicted molar refractivity (Wildman–Crippen MR) is 207 cm³/mol. The van der Waals surface area contributed by atoms with Crippen LogP contribution in [-0.4, -0.2) is 83.6 Å². The van der Waals surface area contributed by atoms with E-state index in [1.165, 1.54) is 42.5 Å². The van der Waals surface area contributed by atoms with Crippen LogP contribution in [0.15, 0.2) is 67.4 Å². The van der Waals surface area contributed by atoms with E-state index in [0.29, 0.717) is 34.1 Å². The van der Waals surface area contributed by atoms with Gasteiger partial charge in [0.05, 0.1) is 47.4 Å². The molecule has 1 unspecified atom stereocenters. The standard InChI is InChI=1S/C41H37F3N10O6/c1-21(2)53-17-29(41(42,43)44)50-36(53)24-9-7-22(8-10-24)16-52(30-15-27(45-19-46-30)34-35(23-11-12-23)47-20-48-38(34)60-3)18-32(56)49-26-6-4-5-25-33(26)40(59)54(39(25)58)28-13-14-31(55)51-37(28)57/h4-10,15,17,19-21,23,28H,11-14,16,18H2,1-3H3,(H,49,56)(H,51,55,57). The van der Waals surface area contributed by atoms with Gasteiger partial charge >= 0.3 is 6.18 Å². The molecular formula is C41H37F3N10O6. The summed E-state index contributed by atoms with van der Waals surface area (Å²) in [7, 11) is 1.49. The Morgan fingerprint density at radius 2 is 1.72 bits per heavy atom. The van der Waals surface area contributed by atoms with Crippen LogP contribution < -0.4 is 20.3 Å². The number of imide groups is 2. The maximum atomic E-state index is 14.0. The van der Waals surface area contributed by atoms with E-state index in [9.17, 15) is 37.1 Å². The molecule has 5 heterocycles. The average Bonchev–Trinajstić information content (AvgIpc) is 3.91. The Morgan fingerprint density at radius 3 is 2.40 bits per heavy atom. The van der Waals surface area contributed by atoms with E-state index in [1.807, 2.05) is 0 Å². The SMILES string of the molecule is COc1ncnc(C2CC2)c1-c1cc(N(CC(=O)Nc2cccc3c2C(=O)N(C2CCC(=O)NC2=O)C3=O)Cc2ccc(-c3nc(C(F)(F)F)cn3C(C)C)cc2)ncn1. The zero-order chi connectivity index (χ0) is 42.5. The van der Waals surface area contributed by atoms with Gasteiger partial charge in [-0.1, -0.05) is 30.3 Å². The molecule has 308 valence electrons.